The molecule has 0 aromatic heterocycles. The van der Waals surface area contributed by atoms with Crippen molar-refractivity contribution in [2.45, 2.75) is 25.2 Å². The smallest absolute Gasteiger partial charge is 0.414 e. The molecule has 2 fully saturated rings. The highest BCUT2D eigenvalue weighted by molar-refractivity contribution is 9.10. The van der Waals surface area contributed by atoms with Gasteiger partial charge in [-0.1, -0.05) is 12.1 Å². The maximum Gasteiger partial charge on any atom is 0.414 e. The van der Waals surface area contributed by atoms with Gasteiger partial charge in [0.25, 0.3) is 11.8 Å². The van der Waals surface area contributed by atoms with Crippen LogP contribution in [0.1, 0.15) is 51.5 Å². The van der Waals surface area contributed by atoms with Gasteiger partial charge in [-0.3, -0.25) is 14.5 Å². The van der Waals surface area contributed by atoms with Crippen molar-refractivity contribution < 1.29 is 27.9 Å². The van der Waals surface area contributed by atoms with Gasteiger partial charge in [-0.25, -0.2) is 13.6 Å². The molecule has 0 radical (unpaired) electrons. The molecule has 2 saturated heterocycles. The number of nitrogens with zero attached hydrogens (tertiary/aromatic N) is 2. The quantitative estimate of drug-likeness (QED) is 0.348. The molecule has 39 heavy (non-hydrogen) atoms. The van der Waals surface area contributed by atoms with Crippen molar-refractivity contribution >= 4 is 45.2 Å². The number of hydrogen-bond donors (Lipinski definition) is 1. The van der Waals surface area contributed by atoms with Gasteiger partial charge in [-0.05, 0) is 89.1 Å². The van der Waals surface area contributed by atoms with E-state index in [1.807, 2.05) is 17.0 Å². The van der Waals surface area contributed by atoms with Crippen LogP contribution < -0.4 is 10.2 Å². The molecule has 3 amide bonds. The first-order chi connectivity index (χ1) is 18.8. The third kappa shape index (κ3) is 5.95. The number of nitrogens with one attached hydrogen (secondary N) is 1. The molecule has 2 heterocycles. The van der Waals surface area contributed by atoms with Gasteiger partial charge in [0.1, 0.15) is 11.6 Å². The lowest BCUT2D eigenvalue weighted by molar-refractivity contribution is 0.0713. The number of carbonyl (C=O) groups excluding carboxylic acids is 3. The van der Waals surface area contributed by atoms with Crippen LogP contribution in [0.15, 0.2) is 65.1 Å². The highest BCUT2D eigenvalue weighted by Crippen LogP contribution is 2.30. The Balaban J connectivity index is 1.15. The lowest BCUT2D eigenvalue weighted by atomic mass is 9.89. The predicted molar refractivity (Wildman–Crippen MR) is 146 cm³/mol. The van der Waals surface area contributed by atoms with Crippen molar-refractivity contribution in [3.8, 4) is 0 Å². The number of cyclic esters (lactones) is 1. The second-order valence-electron chi connectivity index (χ2n) is 9.56. The van der Waals surface area contributed by atoms with Crippen LogP contribution in [0, 0.1) is 11.6 Å². The number of anilines is 2. The topological polar surface area (TPSA) is 79.0 Å². The summed E-state index contributed by atoms with van der Waals surface area (Å²) in [5.41, 5.74) is 2.62. The first kappa shape index (κ1) is 26.8. The van der Waals surface area contributed by atoms with Gasteiger partial charge in [-0.15, -0.1) is 0 Å². The van der Waals surface area contributed by atoms with E-state index in [1.165, 1.54) is 0 Å². The Labute approximate surface area is 232 Å². The summed E-state index contributed by atoms with van der Waals surface area (Å²) in [6.07, 6.45) is 1.99. The number of benzene rings is 3. The molecule has 0 saturated carbocycles. The Bertz CT molecular complexity index is 1390. The second-order valence-corrected chi connectivity index (χ2v) is 10.4. The Morgan fingerprint density at radius 1 is 0.923 bits per heavy atom. The lowest BCUT2D eigenvalue weighted by Gasteiger charge is -2.32. The summed E-state index contributed by atoms with van der Waals surface area (Å²) in [6.45, 7) is 2.25. The fourth-order valence-electron chi connectivity index (χ4n) is 4.90. The van der Waals surface area contributed by atoms with Gasteiger partial charge in [0, 0.05) is 42.6 Å². The molecule has 0 aliphatic carbocycles. The van der Waals surface area contributed by atoms with Crippen LogP contribution in [0.25, 0.3) is 0 Å². The van der Waals surface area contributed by atoms with Crippen molar-refractivity contribution in [3.05, 3.63) is 93.5 Å². The first-order valence-electron chi connectivity index (χ1n) is 12.7. The average Bonchev–Trinajstić information content (AvgIpc) is 2.95. The number of halogens is 3. The first-order valence-corrected chi connectivity index (χ1v) is 13.5. The van der Waals surface area contributed by atoms with E-state index < -0.39 is 17.5 Å². The fourth-order valence-corrected chi connectivity index (χ4v) is 5.25. The minimum Gasteiger partial charge on any atom is -0.449 e. The molecule has 0 unspecified atom stereocenters. The minimum absolute atomic E-state index is 0.00952. The summed E-state index contributed by atoms with van der Waals surface area (Å²) in [4.78, 5) is 40.9. The Hall–Kier alpha value is -3.79. The molecular weight excluding hydrogens is 572 g/mol. The van der Waals surface area contributed by atoms with E-state index in [9.17, 15) is 23.2 Å². The van der Waals surface area contributed by atoms with Crippen LogP contribution in [0.2, 0.25) is 0 Å². The molecule has 0 spiro atoms. The molecule has 5 rings (SSSR count). The standard InChI is InChI=1S/C29H26BrF2N3O4/c30-24-16-23(25(31)17-26(24)32)27(36)33-21-6-2-18(3-7-21)19-10-13-34(14-11-19)28(37)20-4-8-22(9-5-20)35-12-1-15-39-29(35)38/h2-9,16-17,19H,1,10-15H2,(H,33,36). The number of piperidine rings is 1. The summed E-state index contributed by atoms with van der Waals surface area (Å²) < 4.78 is 32.6. The van der Waals surface area contributed by atoms with Crippen molar-refractivity contribution in [1.82, 2.24) is 4.90 Å². The molecule has 7 nitrogen and oxygen atoms in total. The number of rotatable bonds is 5. The van der Waals surface area contributed by atoms with Crippen LogP contribution in [0.3, 0.4) is 0 Å². The van der Waals surface area contributed by atoms with Crippen LogP contribution >= 0.6 is 15.9 Å². The van der Waals surface area contributed by atoms with Crippen LogP contribution in [0.4, 0.5) is 25.0 Å². The van der Waals surface area contributed by atoms with Gasteiger partial charge >= 0.3 is 6.09 Å². The normalized spacial score (nSPS) is 16.1. The molecule has 0 atom stereocenters. The zero-order valence-corrected chi connectivity index (χ0v) is 22.5. The van der Waals surface area contributed by atoms with Gasteiger partial charge in [0.15, 0.2) is 0 Å². The van der Waals surface area contributed by atoms with Crippen molar-refractivity contribution in [1.29, 1.82) is 0 Å². The molecule has 3 aromatic carbocycles. The van der Waals surface area contributed by atoms with E-state index in [0.29, 0.717) is 49.2 Å². The number of carbonyl (C=O) groups is 3. The van der Waals surface area contributed by atoms with Crippen LogP contribution in [-0.2, 0) is 4.74 Å². The van der Waals surface area contributed by atoms with E-state index in [0.717, 1.165) is 30.9 Å². The van der Waals surface area contributed by atoms with E-state index in [2.05, 4.69) is 21.2 Å². The molecule has 0 bridgehead atoms. The summed E-state index contributed by atoms with van der Waals surface area (Å²) >= 11 is 2.97. The summed E-state index contributed by atoms with van der Waals surface area (Å²) in [7, 11) is 0. The van der Waals surface area contributed by atoms with Gasteiger partial charge in [-0.2, -0.15) is 0 Å². The number of likely N-dealkylation sites (tertiary alicyclic amines) is 1. The van der Waals surface area contributed by atoms with Gasteiger partial charge in [0.2, 0.25) is 0 Å². The monoisotopic (exact) mass is 597 g/mol. The zero-order chi connectivity index (χ0) is 27.5. The molecule has 2 aliphatic heterocycles. The van der Waals surface area contributed by atoms with Crippen molar-refractivity contribution in [2.24, 2.45) is 0 Å². The van der Waals surface area contributed by atoms with Crippen LogP contribution in [0.5, 0.6) is 0 Å². The zero-order valence-electron chi connectivity index (χ0n) is 21.0. The largest absolute Gasteiger partial charge is 0.449 e. The Morgan fingerprint density at radius 3 is 2.28 bits per heavy atom. The van der Waals surface area contributed by atoms with E-state index in [1.54, 1.807) is 41.3 Å². The SMILES string of the molecule is O=C(Nc1ccc(C2CCN(C(=O)c3ccc(N4CCCOC4=O)cc3)CC2)cc1)c1cc(Br)c(F)cc1F. The number of amides is 3. The predicted octanol–water partition coefficient (Wildman–Crippen LogP) is 6.35. The molecule has 10 heteroatoms. The van der Waals surface area contributed by atoms with Crippen molar-refractivity contribution in [2.75, 3.05) is 36.5 Å². The number of hydrogen-bond acceptors (Lipinski definition) is 4. The highest BCUT2D eigenvalue weighted by atomic mass is 79.9. The Morgan fingerprint density at radius 2 is 1.62 bits per heavy atom. The minimum atomic E-state index is -0.936. The maximum atomic E-state index is 14.0. The molecule has 3 aromatic rings. The molecule has 1 N–H and O–H groups in total. The highest BCUT2D eigenvalue weighted by Gasteiger charge is 2.26. The summed E-state index contributed by atoms with van der Waals surface area (Å²) in [5, 5.41) is 2.64. The van der Waals surface area contributed by atoms with E-state index in [4.69, 9.17) is 4.74 Å². The third-order valence-electron chi connectivity index (χ3n) is 7.07. The molecular formula is C29H26BrF2N3O4. The lowest BCUT2D eigenvalue weighted by Crippen LogP contribution is -2.38. The fraction of sp³-hybridized carbons (Fsp3) is 0.276. The van der Waals surface area contributed by atoms with E-state index in [-0.39, 0.29) is 28.0 Å². The molecule has 2 aliphatic rings. The number of ether oxygens (including phenoxy) is 1. The van der Waals surface area contributed by atoms with Gasteiger partial charge in [0.05, 0.1) is 16.6 Å². The van der Waals surface area contributed by atoms with Crippen molar-refractivity contribution in [3.63, 3.8) is 0 Å². The van der Waals surface area contributed by atoms with Gasteiger partial charge < -0.3 is 15.0 Å². The maximum absolute atomic E-state index is 14.0. The summed E-state index contributed by atoms with van der Waals surface area (Å²) in [6, 6.07) is 16.2. The second kappa shape index (κ2) is 11.5. The average molecular weight is 598 g/mol. The third-order valence-corrected chi connectivity index (χ3v) is 7.68. The summed E-state index contributed by atoms with van der Waals surface area (Å²) in [5.74, 6) is -2.17. The van der Waals surface area contributed by atoms with Crippen LogP contribution in [-0.4, -0.2) is 49.0 Å². The Kier molecular flexibility index (Phi) is 7.92. The van der Waals surface area contributed by atoms with E-state index >= 15 is 0 Å². The molecule has 202 valence electrons.